The van der Waals surface area contributed by atoms with Gasteiger partial charge < -0.3 is 5.32 Å². The van der Waals surface area contributed by atoms with Crippen LogP contribution in [0.3, 0.4) is 0 Å². The van der Waals surface area contributed by atoms with Gasteiger partial charge in [0.25, 0.3) is 0 Å². The lowest BCUT2D eigenvalue weighted by Gasteiger charge is -2.25. The molecule has 2 rings (SSSR count). The first kappa shape index (κ1) is 14.5. The second-order valence-electron chi connectivity index (χ2n) is 5.58. The van der Waals surface area contributed by atoms with Crippen LogP contribution in [-0.2, 0) is 22.7 Å². The van der Waals surface area contributed by atoms with Gasteiger partial charge in [0, 0.05) is 12.6 Å². The number of sulfone groups is 1. The van der Waals surface area contributed by atoms with Crippen LogP contribution in [0.1, 0.15) is 31.4 Å². The fraction of sp³-hybridized carbons (Fsp3) is 0.600. The molecule has 1 aliphatic rings. The van der Waals surface area contributed by atoms with E-state index in [4.69, 9.17) is 0 Å². The lowest BCUT2D eigenvalue weighted by atomic mass is 9.88. The Labute approximate surface area is 116 Å². The molecule has 0 saturated carbocycles. The van der Waals surface area contributed by atoms with Crippen molar-refractivity contribution in [2.45, 2.75) is 44.4 Å². The number of aryl methyl sites for hydroxylation is 1. The molecule has 0 aromatic heterocycles. The third-order valence-electron chi connectivity index (χ3n) is 3.88. The zero-order valence-electron chi connectivity index (χ0n) is 11.7. The number of hydrogen-bond donors (Lipinski definition) is 1. The van der Waals surface area contributed by atoms with Crippen LogP contribution in [0.15, 0.2) is 24.3 Å². The zero-order chi connectivity index (χ0) is 13.9. The molecule has 1 aromatic rings. The minimum atomic E-state index is -2.92. The lowest BCUT2D eigenvalue weighted by molar-refractivity contribution is 0.469. The molecule has 3 nitrogen and oxygen atoms in total. The Balaban J connectivity index is 1.84. The van der Waals surface area contributed by atoms with E-state index in [9.17, 15) is 8.42 Å². The largest absolute Gasteiger partial charge is 0.313 e. The summed E-state index contributed by atoms with van der Waals surface area (Å²) in [5.74, 6) is 0.239. The van der Waals surface area contributed by atoms with Crippen LogP contribution in [0.2, 0.25) is 0 Å². The maximum atomic E-state index is 11.7. The minimum Gasteiger partial charge on any atom is -0.313 e. The molecule has 0 aliphatic heterocycles. The van der Waals surface area contributed by atoms with E-state index in [2.05, 4.69) is 29.6 Å². The van der Waals surface area contributed by atoms with Crippen molar-refractivity contribution in [3.05, 3.63) is 35.4 Å². The van der Waals surface area contributed by atoms with E-state index in [-0.39, 0.29) is 11.0 Å². The van der Waals surface area contributed by atoms with Gasteiger partial charge in [0.15, 0.2) is 9.84 Å². The van der Waals surface area contributed by atoms with Crippen molar-refractivity contribution >= 4 is 9.84 Å². The van der Waals surface area contributed by atoms with Crippen LogP contribution >= 0.6 is 0 Å². The van der Waals surface area contributed by atoms with E-state index in [0.29, 0.717) is 12.6 Å². The highest BCUT2D eigenvalue weighted by Crippen LogP contribution is 2.20. The van der Waals surface area contributed by atoms with Gasteiger partial charge in [0.2, 0.25) is 0 Å². The molecule has 106 valence electrons. The lowest BCUT2D eigenvalue weighted by Crippen LogP contribution is -2.38. The molecule has 0 saturated heterocycles. The molecule has 0 spiro atoms. The van der Waals surface area contributed by atoms with E-state index in [1.54, 1.807) is 13.8 Å². The summed E-state index contributed by atoms with van der Waals surface area (Å²) in [7, 11) is -2.92. The molecule has 1 unspecified atom stereocenters. The summed E-state index contributed by atoms with van der Waals surface area (Å²) >= 11 is 0. The third-order valence-corrected chi connectivity index (χ3v) is 6.09. The van der Waals surface area contributed by atoms with Gasteiger partial charge in [-0.1, -0.05) is 24.3 Å². The van der Waals surface area contributed by atoms with Gasteiger partial charge in [0.1, 0.15) is 0 Å². The molecule has 19 heavy (non-hydrogen) atoms. The molecule has 1 N–H and O–H groups in total. The normalized spacial score (nSPS) is 19.4. The van der Waals surface area contributed by atoms with Crippen molar-refractivity contribution < 1.29 is 8.42 Å². The maximum Gasteiger partial charge on any atom is 0.153 e. The first-order chi connectivity index (χ1) is 8.99. The highest BCUT2D eigenvalue weighted by molar-refractivity contribution is 7.92. The summed E-state index contributed by atoms with van der Waals surface area (Å²) in [6, 6.07) is 8.94. The van der Waals surface area contributed by atoms with Crippen LogP contribution < -0.4 is 5.32 Å². The van der Waals surface area contributed by atoms with Gasteiger partial charge in [-0.05, 0) is 44.2 Å². The minimum absolute atomic E-state index is 0.239. The Morgan fingerprint density at radius 1 is 1.26 bits per heavy atom. The number of benzene rings is 1. The van der Waals surface area contributed by atoms with Crippen LogP contribution in [0, 0.1) is 0 Å². The molecule has 0 heterocycles. The Morgan fingerprint density at radius 2 is 1.95 bits per heavy atom. The summed E-state index contributed by atoms with van der Waals surface area (Å²) in [5, 5.41) is 3.12. The fourth-order valence-electron chi connectivity index (χ4n) is 2.51. The predicted molar refractivity (Wildman–Crippen MR) is 79.2 cm³/mol. The van der Waals surface area contributed by atoms with Crippen molar-refractivity contribution in [3.8, 4) is 0 Å². The van der Waals surface area contributed by atoms with Gasteiger partial charge in [-0.25, -0.2) is 8.42 Å². The molecule has 1 aliphatic carbocycles. The average Bonchev–Trinajstić information content (AvgIpc) is 2.38. The smallest absolute Gasteiger partial charge is 0.153 e. The Morgan fingerprint density at radius 3 is 2.63 bits per heavy atom. The number of fused-ring (bicyclic) bond motifs is 1. The predicted octanol–water partition coefficient (Wildman–Crippen LogP) is 1.96. The quantitative estimate of drug-likeness (QED) is 0.897. The molecule has 1 aromatic carbocycles. The number of rotatable bonds is 5. The van der Waals surface area contributed by atoms with Crippen molar-refractivity contribution in [2.24, 2.45) is 0 Å². The molecule has 4 heteroatoms. The van der Waals surface area contributed by atoms with E-state index < -0.39 is 9.84 Å². The van der Waals surface area contributed by atoms with Crippen molar-refractivity contribution in [1.82, 2.24) is 5.32 Å². The highest BCUT2D eigenvalue weighted by atomic mass is 32.2. The van der Waals surface area contributed by atoms with Gasteiger partial charge >= 0.3 is 0 Å². The van der Waals surface area contributed by atoms with E-state index in [0.717, 1.165) is 19.3 Å². The molecule has 0 fully saturated rings. The third kappa shape index (κ3) is 3.80. The topological polar surface area (TPSA) is 46.2 Å². The maximum absolute atomic E-state index is 11.7. The van der Waals surface area contributed by atoms with Gasteiger partial charge in [-0.2, -0.15) is 0 Å². The SMILES string of the molecule is CC(C)S(=O)(=O)CCNC1CCc2ccccc2C1. The van der Waals surface area contributed by atoms with Gasteiger partial charge in [0.05, 0.1) is 11.0 Å². The van der Waals surface area contributed by atoms with Crippen molar-refractivity contribution in [1.29, 1.82) is 0 Å². The fourth-order valence-corrected chi connectivity index (χ4v) is 3.39. The summed E-state index contributed by atoms with van der Waals surface area (Å²) in [4.78, 5) is 0. The Bertz CT molecular complexity index is 523. The number of nitrogens with one attached hydrogen (secondary N) is 1. The van der Waals surface area contributed by atoms with Crippen LogP contribution in [0.25, 0.3) is 0 Å². The second kappa shape index (κ2) is 6.06. The molecule has 1 atom stereocenters. The summed E-state index contributed by atoms with van der Waals surface area (Å²) in [6.07, 6.45) is 3.20. The molecule has 0 amide bonds. The monoisotopic (exact) mass is 281 g/mol. The average molecular weight is 281 g/mol. The molecular weight excluding hydrogens is 258 g/mol. The summed E-state index contributed by atoms with van der Waals surface area (Å²) in [5.41, 5.74) is 2.84. The highest BCUT2D eigenvalue weighted by Gasteiger charge is 2.19. The van der Waals surface area contributed by atoms with E-state index >= 15 is 0 Å². The zero-order valence-corrected chi connectivity index (χ0v) is 12.5. The first-order valence-electron chi connectivity index (χ1n) is 7.01. The molecular formula is C15H23NO2S. The van der Waals surface area contributed by atoms with Crippen LogP contribution in [0.5, 0.6) is 0 Å². The van der Waals surface area contributed by atoms with Crippen LogP contribution in [0.4, 0.5) is 0 Å². The van der Waals surface area contributed by atoms with Gasteiger partial charge in [-0.3, -0.25) is 0 Å². The first-order valence-corrected chi connectivity index (χ1v) is 8.72. The number of hydrogen-bond acceptors (Lipinski definition) is 3. The Hall–Kier alpha value is -0.870. The molecule has 0 bridgehead atoms. The summed E-state index contributed by atoms with van der Waals surface area (Å²) < 4.78 is 23.5. The van der Waals surface area contributed by atoms with E-state index in [1.165, 1.54) is 11.1 Å². The molecule has 0 radical (unpaired) electrons. The van der Waals surface area contributed by atoms with Crippen LogP contribution in [-0.4, -0.2) is 32.0 Å². The second-order valence-corrected chi connectivity index (χ2v) is 8.26. The van der Waals surface area contributed by atoms with E-state index in [1.807, 2.05) is 0 Å². The Kier molecular flexibility index (Phi) is 4.63. The summed E-state index contributed by atoms with van der Waals surface area (Å²) in [6.45, 7) is 4.05. The van der Waals surface area contributed by atoms with Crippen molar-refractivity contribution in [2.75, 3.05) is 12.3 Å². The van der Waals surface area contributed by atoms with Gasteiger partial charge in [-0.15, -0.1) is 0 Å². The van der Waals surface area contributed by atoms with Crippen molar-refractivity contribution in [3.63, 3.8) is 0 Å². The standard InChI is InChI=1S/C15H23NO2S/c1-12(2)19(17,18)10-9-16-15-8-7-13-5-3-4-6-14(13)11-15/h3-6,12,15-16H,7-11H2,1-2H3.